The van der Waals surface area contributed by atoms with E-state index in [1.54, 1.807) is 0 Å². The van der Waals surface area contributed by atoms with E-state index in [4.69, 9.17) is 4.42 Å². The van der Waals surface area contributed by atoms with Gasteiger partial charge in [-0.3, -0.25) is 4.79 Å². The number of hydrogen-bond donors (Lipinski definition) is 0. The van der Waals surface area contributed by atoms with Crippen molar-refractivity contribution in [3.63, 3.8) is 0 Å². The maximum atomic E-state index is 12.7. The molecule has 1 aliphatic heterocycles. The molecule has 0 radical (unpaired) electrons. The first-order valence-corrected chi connectivity index (χ1v) is 8.91. The van der Waals surface area contributed by atoms with Crippen LogP contribution in [-0.2, 0) is 0 Å². The number of oxazole rings is 1. The number of aromatic nitrogens is 1. The molecule has 0 aliphatic carbocycles. The second-order valence-electron chi connectivity index (χ2n) is 6.07. The number of nitrogens with zero attached hydrogens (tertiary/aromatic N) is 2. The minimum atomic E-state index is 0.0819. The summed E-state index contributed by atoms with van der Waals surface area (Å²) in [4.78, 5) is 19.2. The summed E-state index contributed by atoms with van der Waals surface area (Å²) in [5, 5.41) is 0. The van der Waals surface area contributed by atoms with Crippen molar-refractivity contribution in [2.75, 3.05) is 13.1 Å². The van der Waals surface area contributed by atoms with Crippen LogP contribution in [-0.4, -0.2) is 28.9 Å². The zero-order valence-electron chi connectivity index (χ0n) is 13.1. The smallest absolute Gasteiger partial charge is 0.254 e. The summed E-state index contributed by atoms with van der Waals surface area (Å²) < 4.78 is 6.73. The van der Waals surface area contributed by atoms with E-state index in [1.165, 1.54) is 0 Å². The molecule has 5 heteroatoms. The molecule has 4 rings (SSSR count). The molecular formula is C19H17BrN2O2. The maximum Gasteiger partial charge on any atom is 0.254 e. The Kier molecular flexibility index (Phi) is 4.10. The molecular weight excluding hydrogens is 368 g/mol. The van der Waals surface area contributed by atoms with Crippen LogP contribution in [0.15, 0.2) is 57.4 Å². The van der Waals surface area contributed by atoms with Crippen LogP contribution in [0, 0.1) is 0 Å². The van der Waals surface area contributed by atoms with Crippen LogP contribution in [0.4, 0.5) is 0 Å². The van der Waals surface area contributed by atoms with Gasteiger partial charge < -0.3 is 9.32 Å². The van der Waals surface area contributed by atoms with Crippen LogP contribution in [0.2, 0.25) is 0 Å². The van der Waals surface area contributed by atoms with E-state index >= 15 is 0 Å². The van der Waals surface area contributed by atoms with Gasteiger partial charge in [0.2, 0.25) is 0 Å². The molecule has 1 fully saturated rings. The molecule has 1 saturated heterocycles. The predicted molar refractivity (Wildman–Crippen MR) is 96.0 cm³/mol. The van der Waals surface area contributed by atoms with Crippen LogP contribution >= 0.6 is 15.9 Å². The maximum absolute atomic E-state index is 12.7. The molecule has 0 saturated carbocycles. The van der Waals surface area contributed by atoms with Gasteiger partial charge in [-0.25, -0.2) is 4.98 Å². The fourth-order valence-electron chi connectivity index (χ4n) is 3.20. The number of carbonyl (C=O) groups is 1. The Morgan fingerprint density at radius 1 is 1.08 bits per heavy atom. The molecule has 0 atom stereocenters. The van der Waals surface area contributed by atoms with Gasteiger partial charge in [0.15, 0.2) is 11.5 Å². The summed E-state index contributed by atoms with van der Waals surface area (Å²) >= 11 is 3.46. The van der Waals surface area contributed by atoms with Crippen LogP contribution in [0.3, 0.4) is 0 Å². The fraction of sp³-hybridized carbons (Fsp3) is 0.263. The lowest BCUT2D eigenvalue weighted by Gasteiger charge is -2.30. The number of piperidine rings is 1. The molecule has 0 unspecified atom stereocenters. The van der Waals surface area contributed by atoms with Crippen molar-refractivity contribution in [3.8, 4) is 0 Å². The van der Waals surface area contributed by atoms with Crippen LogP contribution < -0.4 is 0 Å². The number of amides is 1. The number of fused-ring (bicyclic) bond motifs is 1. The van der Waals surface area contributed by atoms with E-state index in [2.05, 4.69) is 20.9 Å². The summed E-state index contributed by atoms with van der Waals surface area (Å²) in [5.41, 5.74) is 2.45. The van der Waals surface area contributed by atoms with Gasteiger partial charge in [0.1, 0.15) is 5.52 Å². The van der Waals surface area contributed by atoms with Crippen LogP contribution in [0.5, 0.6) is 0 Å². The molecule has 3 aromatic rings. The summed E-state index contributed by atoms with van der Waals surface area (Å²) in [6.45, 7) is 1.45. The summed E-state index contributed by atoms with van der Waals surface area (Å²) in [5.74, 6) is 1.16. The van der Waals surface area contributed by atoms with Gasteiger partial charge in [-0.2, -0.15) is 0 Å². The van der Waals surface area contributed by atoms with Crippen molar-refractivity contribution >= 4 is 32.9 Å². The highest BCUT2D eigenvalue weighted by Crippen LogP contribution is 2.31. The van der Waals surface area contributed by atoms with Gasteiger partial charge in [0, 0.05) is 23.5 Å². The SMILES string of the molecule is O=C(c1ccccc1Br)N1CCC(c2nc3ccccc3o2)CC1. The Labute approximate surface area is 148 Å². The summed E-state index contributed by atoms with van der Waals surface area (Å²) in [6, 6.07) is 15.4. The standard InChI is InChI=1S/C19H17BrN2O2/c20-15-6-2-1-5-14(15)19(23)22-11-9-13(10-12-22)18-21-16-7-3-4-8-17(16)24-18/h1-8,13H,9-12H2. The molecule has 4 nitrogen and oxygen atoms in total. The third-order valence-corrected chi connectivity index (χ3v) is 5.24. The largest absolute Gasteiger partial charge is 0.440 e. The highest BCUT2D eigenvalue weighted by molar-refractivity contribution is 9.10. The molecule has 0 spiro atoms. The van der Waals surface area contributed by atoms with E-state index in [9.17, 15) is 4.79 Å². The zero-order valence-corrected chi connectivity index (χ0v) is 14.7. The molecule has 0 N–H and O–H groups in total. The molecule has 24 heavy (non-hydrogen) atoms. The summed E-state index contributed by atoms with van der Waals surface area (Å²) in [7, 11) is 0. The Morgan fingerprint density at radius 3 is 2.54 bits per heavy atom. The minimum absolute atomic E-state index is 0.0819. The number of benzene rings is 2. The average molecular weight is 385 g/mol. The number of hydrogen-bond acceptors (Lipinski definition) is 3. The first-order valence-electron chi connectivity index (χ1n) is 8.11. The van der Waals surface area contributed by atoms with E-state index < -0.39 is 0 Å². The number of carbonyl (C=O) groups excluding carboxylic acids is 1. The number of halogens is 1. The highest BCUT2D eigenvalue weighted by Gasteiger charge is 2.28. The topological polar surface area (TPSA) is 46.3 Å². The van der Waals surface area contributed by atoms with Crippen molar-refractivity contribution in [1.29, 1.82) is 0 Å². The molecule has 0 bridgehead atoms. The van der Waals surface area contributed by atoms with Crippen molar-refractivity contribution in [2.45, 2.75) is 18.8 Å². The van der Waals surface area contributed by atoms with E-state index in [1.807, 2.05) is 53.4 Å². The zero-order chi connectivity index (χ0) is 16.5. The Morgan fingerprint density at radius 2 is 1.79 bits per heavy atom. The first kappa shape index (κ1) is 15.4. The van der Waals surface area contributed by atoms with Gasteiger partial charge in [-0.1, -0.05) is 24.3 Å². The molecule has 1 aliphatic rings. The number of para-hydroxylation sites is 2. The fourth-order valence-corrected chi connectivity index (χ4v) is 3.65. The molecule has 2 aromatic carbocycles. The van der Waals surface area contributed by atoms with Crippen molar-refractivity contribution in [3.05, 3.63) is 64.5 Å². The molecule has 1 aromatic heterocycles. The lowest BCUT2D eigenvalue weighted by Crippen LogP contribution is -2.38. The monoisotopic (exact) mass is 384 g/mol. The number of likely N-dealkylation sites (tertiary alicyclic amines) is 1. The van der Waals surface area contributed by atoms with Crippen molar-refractivity contribution < 1.29 is 9.21 Å². The average Bonchev–Trinajstić information content (AvgIpc) is 3.06. The third kappa shape index (κ3) is 2.84. The predicted octanol–water partition coefficient (Wildman–Crippen LogP) is 4.61. The Hall–Kier alpha value is -2.14. The minimum Gasteiger partial charge on any atom is -0.440 e. The lowest BCUT2D eigenvalue weighted by molar-refractivity contribution is 0.0706. The van der Waals surface area contributed by atoms with Crippen LogP contribution in [0.1, 0.15) is 35.0 Å². The normalized spacial score (nSPS) is 15.8. The third-order valence-electron chi connectivity index (χ3n) is 4.55. The lowest BCUT2D eigenvalue weighted by atomic mass is 9.96. The first-order chi connectivity index (χ1) is 11.7. The molecule has 122 valence electrons. The number of rotatable bonds is 2. The van der Waals surface area contributed by atoms with Gasteiger partial charge in [-0.05, 0) is 53.0 Å². The second-order valence-corrected chi connectivity index (χ2v) is 6.92. The van der Waals surface area contributed by atoms with E-state index in [0.717, 1.165) is 53.0 Å². The molecule has 1 amide bonds. The highest BCUT2D eigenvalue weighted by atomic mass is 79.9. The van der Waals surface area contributed by atoms with Crippen molar-refractivity contribution in [1.82, 2.24) is 9.88 Å². The van der Waals surface area contributed by atoms with Crippen molar-refractivity contribution in [2.24, 2.45) is 0 Å². The molecule has 2 heterocycles. The quantitative estimate of drug-likeness (QED) is 0.647. The van der Waals surface area contributed by atoms with E-state index in [-0.39, 0.29) is 11.8 Å². The Balaban J connectivity index is 1.47. The second kappa shape index (κ2) is 6.40. The van der Waals surface area contributed by atoms with Gasteiger partial charge >= 0.3 is 0 Å². The summed E-state index contributed by atoms with van der Waals surface area (Å²) in [6.07, 6.45) is 1.76. The van der Waals surface area contributed by atoms with Gasteiger partial charge in [-0.15, -0.1) is 0 Å². The Bertz CT molecular complexity index is 849. The van der Waals surface area contributed by atoms with Gasteiger partial charge in [0.05, 0.1) is 5.56 Å². The van der Waals surface area contributed by atoms with Crippen LogP contribution in [0.25, 0.3) is 11.1 Å². The van der Waals surface area contributed by atoms with Gasteiger partial charge in [0.25, 0.3) is 5.91 Å². The van der Waals surface area contributed by atoms with E-state index in [0.29, 0.717) is 0 Å².